The summed E-state index contributed by atoms with van der Waals surface area (Å²) in [5, 5.41) is 10.6. The van der Waals surface area contributed by atoms with E-state index >= 15 is 0 Å². The minimum absolute atomic E-state index is 0.284. The number of hydrogen-bond donors (Lipinski definition) is 1. The summed E-state index contributed by atoms with van der Waals surface area (Å²) in [7, 11) is 0. The van der Waals surface area contributed by atoms with Gasteiger partial charge in [0.2, 0.25) is 0 Å². The Morgan fingerprint density at radius 3 is 2.05 bits per heavy atom. The fourth-order valence-corrected chi connectivity index (χ4v) is 2.15. The summed E-state index contributed by atoms with van der Waals surface area (Å²) in [4.78, 5) is 10.9. The molecule has 0 aliphatic heterocycles. The van der Waals surface area contributed by atoms with Crippen molar-refractivity contribution in [3.05, 3.63) is 84.1 Å². The van der Waals surface area contributed by atoms with E-state index in [1.54, 1.807) is 6.08 Å². The molecular weight excluding hydrogens is 264 g/mol. The zero-order valence-electron chi connectivity index (χ0n) is 11.8. The van der Waals surface area contributed by atoms with Crippen molar-refractivity contribution in [2.45, 2.75) is 18.9 Å². The average molecular weight is 282 g/mol. The molecule has 0 saturated heterocycles. The first-order chi connectivity index (χ1) is 10.2. The van der Waals surface area contributed by atoms with Crippen LogP contribution in [0.1, 0.15) is 30.1 Å². The van der Waals surface area contributed by atoms with Crippen LogP contribution in [0.3, 0.4) is 0 Å². The first-order valence-corrected chi connectivity index (χ1v) is 6.80. The summed E-state index contributed by atoms with van der Waals surface area (Å²) in [6, 6.07) is 19.1. The quantitative estimate of drug-likeness (QED) is 0.673. The first kappa shape index (κ1) is 15.0. The lowest BCUT2D eigenvalue weighted by Crippen LogP contribution is -2.09. The van der Waals surface area contributed by atoms with Gasteiger partial charge in [-0.3, -0.25) is 4.79 Å². The van der Waals surface area contributed by atoms with Gasteiger partial charge in [-0.1, -0.05) is 60.7 Å². The van der Waals surface area contributed by atoms with Crippen LogP contribution in [0.15, 0.2) is 73.0 Å². The highest BCUT2D eigenvalue weighted by molar-refractivity contribution is 5.66. The maximum atomic E-state index is 10.9. The SMILES string of the molecule is CC(=O)O/C=C\[C@@H](c1ccccc1)[C@@H](O)c1ccccc1. The van der Waals surface area contributed by atoms with E-state index in [9.17, 15) is 9.90 Å². The lowest BCUT2D eigenvalue weighted by atomic mass is 9.89. The van der Waals surface area contributed by atoms with Crippen molar-refractivity contribution >= 4 is 5.97 Å². The van der Waals surface area contributed by atoms with Gasteiger partial charge in [0.05, 0.1) is 12.4 Å². The van der Waals surface area contributed by atoms with Crippen LogP contribution in [0.25, 0.3) is 0 Å². The molecule has 0 unspecified atom stereocenters. The number of aliphatic hydroxyl groups is 1. The Hall–Kier alpha value is -2.39. The van der Waals surface area contributed by atoms with Gasteiger partial charge in [-0.2, -0.15) is 0 Å². The molecule has 2 aromatic rings. The highest BCUT2D eigenvalue weighted by Crippen LogP contribution is 2.32. The second-order valence-corrected chi connectivity index (χ2v) is 4.73. The minimum atomic E-state index is -0.708. The van der Waals surface area contributed by atoms with Gasteiger partial charge in [0.1, 0.15) is 0 Å². The smallest absolute Gasteiger partial charge is 0.307 e. The van der Waals surface area contributed by atoms with Crippen LogP contribution in [-0.2, 0) is 9.53 Å². The molecule has 2 aromatic carbocycles. The van der Waals surface area contributed by atoms with Crippen LogP contribution in [0.4, 0.5) is 0 Å². The van der Waals surface area contributed by atoms with Gasteiger partial charge in [0.25, 0.3) is 0 Å². The van der Waals surface area contributed by atoms with Crippen molar-refractivity contribution in [3.8, 4) is 0 Å². The van der Waals surface area contributed by atoms with Crippen molar-refractivity contribution in [2.24, 2.45) is 0 Å². The summed E-state index contributed by atoms with van der Waals surface area (Å²) in [5.74, 6) is -0.666. The van der Waals surface area contributed by atoms with Crippen molar-refractivity contribution in [1.29, 1.82) is 0 Å². The molecule has 0 fully saturated rings. The summed E-state index contributed by atoms with van der Waals surface area (Å²) in [5.41, 5.74) is 1.77. The Morgan fingerprint density at radius 1 is 1.00 bits per heavy atom. The van der Waals surface area contributed by atoms with Crippen LogP contribution in [-0.4, -0.2) is 11.1 Å². The molecule has 3 heteroatoms. The maximum Gasteiger partial charge on any atom is 0.307 e. The number of benzene rings is 2. The topological polar surface area (TPSA) is 46.5 Å². The number of ether oxygens (including phenoxy) is 1. The Kier molecular flexibility index (Phi) is 5.29. The standard InChI is InChI=1S/C18H18O3/c1-14(19)21-13-12-17(15-8-4-2-5-9-15)18(20)16-10-6-3-7-11-16/h2-13,17-18,20H,1H3/b13-12-/t17-,18-/m0/s1. The summed E-state index contributed by atoms with van der Waals surface area (Å²) in [6.07, 6.45) is 2.33. The Morgan fingerprint density at radius 2 is 1.52 bits per heavy atom. The summed E-state index contributed by atoms with van der Waals surface area (Å²) < 4.78 is 4.85. The van der Waals surface area contributed by atoms with Gasteiger partial charge in [-0.05, 0) is 17.2 Å². The minimum Gasteiger partial charge on any atom is -0.435 e. The van der Waals surface area contributed by atoms with Crippen LogP contribution in [0.5, 0.6) is 0 Å². The van der Waals surface area contributed by atoms with Gasteiger partial charge in [0.15, 0.2) is 0 Å². The second-order valence-electron chi connectivity index (χ2n) is 4.73. The molecule has 0 aromatic heterocycles. The number of carbonyl (C=O) groups is 1. The van der Waals surface area contributed by atoms with Crippen LogP contribution in [0.2, 0.25) is 0 Å². The van der Waals surface area contributed by atoms with Gasteiger partial charge in [-0.15, -0.1) is 0 Å². The van der Waals surface area contributed by atoms with Crippen LogP contribution in [0, 0.1) is 0 Å². The number of rotatable bonds is 5. The molecule has 0 bridgehead atoms. The van der Waals surface area contributed by atoms with Crippen molar-refractivity contribution in [3.63, 3.8) is 0 Å². The van der Waals surface area contributed by atoms with E-state index in [2.05, 4.69) is 0 Å². The van der Waals surface area contributed by atoms with E-state index in [0.717, 1.165) is 11.1 Å². The van der Waals surface area contributed by atoms with Crippen molar-refractivity contribution in [2.75, 3.05) is 0 Å². The van der Waals surface area contributed by atoms with Crippen LogP contribution < -0.4 is 0 Å². The molecule has 0 heterocycles. The van der Waals surface area contributed by atoms with Crippen molar-refractivity contribution in [1.82, 2.24) is 0 Å². The third-order valence-electron chi connectivity index (χ3n) is 3.19. The third-order valence-corrected chi connectivity index (χ3v) is 3.19. The molecule has 0 saturated carbocycles. The van der Waals surface area contributed by atoms with Crippen molar-refractivity contribution < 1.29 is 14.6 Å². The zero-order chi connectivity index (χ0) is 15.1. The Bertz CT molecular complexity index is 590. The molecule has 21 heavy (non-hydrogen) atoms. The van der Waals surface area contributed by atoms with E-state index in [0.29, 0.717) is 0 Å². The second kappa shape index (κ2) is 7.41. The predicted molar refractivity (Wildman–Crippen MR) is 81.5 cm³/mol. The third kappa shape index (κ3) is 4.29. The van der Waals surface area contributed by atoms with E-state index in [1.165, 1.54) is 13.2 Å². The fraction of sp³-hybridized carbons (Fsp3) is 0.167. The molecule has 1 N–H and O–H groups in total. The normalized spacial score (nSPS) is 13.8. The molecule has 0 spiro atoms. The number of esters is 1. The number of hydrogen-bond acceptors (Lipinski definition) is 3. The lowest BCUT2D eigenvalue weighted by molar-refractivity contribution is -0.135. The monoisotopic (exact) mass is 282 g/mol. The predicted octanol–water partition coefficient (Wildman–Crippen LogP) is 3.58. The van der Waals surface area contributed by atoms with E-state index in [-0.39, 0.29) is 11.9 Å². The largest absolute Gasteiger partial charge is 0.435 e. The van der Waals surface area contributed by atoms with Gasteiger partial charge in [0, 0.05) is 12.8 Å². The molecule has 0 aliphatic rings. The maximum absolute atomic E-state index is 10.9. The number of carbonyl (C=O) groups excluding carboxylic acids is 1. The number of aliphatic hydroxyl groups excluding tert-OH is 1. The molecule has 2 rings (SSSR count). The molecular formula is C18H18O3. The Labute approximate surface area is 124 Å². The average Bonchev–Trinajstić information content (AvgIpc) is 2.52. The molecule has 2 atom stereocenters. The molecule has 0 amide bonds. The molecule has 0 aliphatic carbocycles. The van der Waals surface area contributed by atoms with E-state index < -0.39 is 6.10 Å². The van der Waals surface area contributed by atoms with Gasteiger partial charge < -0.3 is 9.84 Å². The highest BCUT2D eigenvalue weighted by Gasteiger charge is 2.20. The molecule has 3 nitrogen and oxygen atoms in total. The van der Waals surface area contributed by atoms with E-state index in [4.69, 9.17) is 4.74 Å². The summed E-state index contributed by atoms with van der Waals surface area (Å²) in [6.45, 7) is 1.34. The molecule has 108 valence electrons. The van der Waals surface area contributed by atoms with Crippen LogP contribution >= 0.6 is 0 Å². The zero-order valence-corrected chi connectivity index (χ0v) is 11.8. The summed E-state index contributed by atoms with van der Waals surface area (Å²) >= 11 is 0. The Balaban J connectivity index is 2.27. The highest BCUT2D eigenvalue weighted by atomic mass is 16.5. The fourth-order valence-electron chi connectivity index (χ4n) is 2.15. The molecule has 0 radical (unpaired) electrons. The first-order valence-electron chi connectivity index (χ1n) is 6.80. The van der Waals surface area contributed by atoms with E-state index in [1.807, 2.05) is 60.7 Å². The van der Waals surface area contributed by atoms with Gasteiger partial charge >= 0.3 is 5.97 Å². The van der Waals surface area contributed by atoms with Gasteiger partial charge in [-0.25, -0.2) is 0 Å². The lowest BCUT2D eigenvalue weighted by Gasteiger charge is -2.20.